The van der Waals surface area contributed by atoms with E-state index in [9.17, 15) is 9.59 Å². The Morgan fingerprint density at radius 2 is 2.08 bits per heavy atom. The monoisotopic (exact) mass is 185 g/mol. The van der Waals surface area contributed by atoms with Crippen LogP contribution in [0.5, 0.6) is 0 Å². The average Bonchev–Trinajstić information content (AvgIpc) is 1.81. The van der Waals surface area contributed by atoms with Crippen LogP contribution in [0.1, 0.15) is 34.1 Å². The molecule has 0 aliphatic rings. The highest BCUT2D eigenvalue weighted by molar-refractivity contribution is 5.70. The first-order chi connectivity index (χ1) is 5.85. The molecule has 0 saturated carbocycles. The third kappa shape index (κ3) is 7.22. The molecule has 4 nitrogen and oxygen atoms in total. The van der Waals surface area contributed by atoms with E-state index in [1.54, 1.807) is 27.7 Å². The van der Waals surface area contributed by atoms with Gasteiger partial charge >= 0.3 is 5.97 Å². The van der Waals surface area contributed by atoms with Gasteiger partial charge in [-0.25, -0.2) is 9.79 Å². The summed E-state index contributed by atoms with van der Waals surface area (Å²) in [6.07, 6.45) is 1.52. The molecule has 0 aromatic rings. The van der Waals surface area contributed by atoms with Gasteiger partial charge in [-0.1, -0.05) is 0 Å². The fourth-order valence-electron chi connectivity index (χ4n) is 0.760. The lowest BCUT2D eigenvalue weighted by Gasteiger charge is -2.19. The minimum absolute atomic E-state index is 0.118. The van der Waals surface area contributed by atoms with Crippen molar-refractivity contribution in [3.8, 4) is 0 Å². The van der Waals surface area contributed by atoms with Crippen LogP contribution in [0.3, 0.4) is 0 Å². The smallest absolute Gasteiger partial charge is 0.308 e. The number of hydrogen-bond acceptors (Lipinski definition) is 4. The fraction of sp³-hybridized carbons (Fsp3) is 0.778. The molecule has 0 bridgehead atoms. The molecule has 0 aromatic carbocycles. The van der Waals surface area contributed by atoms with Crippen LogP contribution in [0.2, 0.25) is 0 Å². The normalized spacial score (nSPS) is 12.9. The molecule has 1 atom stereocenters. The number of rotatable bonds is 3. The van der Waals surface area contributed by atoms with Crippen molar-refractivity contribution in [2.45, 2.75) is 45.8 Å². The molecule has 0 aliphatic heterocycles. The lowest BCUT2D eigenvalue weighted by Crippen LogP contribution is -2.25. The van der Waals surface area contributed by atoms with E-state index in [1.807, 2.05) is 0 Å². The molecular formula is C9H15NO3. The lowest BCUT2D eigenvalue weighted by molar-refractivity contribution is -0.155. The first kappa shape index (κ1) is 11.8. The van der Waals surface area contributed by atoms with Crippen molar-refractivity contribution in [1.82, 2.24) is 0 Å². The summed E-state index contributed by atoms with van der Waals surface area (Å²) >= 11 is 0. The standard InChI is InChI=1S/C9H15NO3/c1-7(10-6-11)5-8(12)13-9(2,3)4/h7H,5H2,1-4H3/t7-/m1/s1. The van der Waals surface area contributed by atoms with Crippen molar-refractivity contribution in [3.05, 3.63) is 0 Å². The number of isocyanates is 1. The summed E-state index contributed by atoms with van der Waals surface area (Å²) in [5.74, 6) is -0.348. The second-order valence-electron chi connectivity index (χ2n) is 3.86. The SMILES string of the molecule is C[C@H](CC(=O)OC(C)(C)C)N=C=O. The third-order valence-electron chi connectivity index (χ3n) is 1.16. The molecule has 0 fully saturated rings. The second kappa shape index (κ2) is 4.77. The molecule has 0 aliphatic carbocycles. The molecule has 0 unspecified atom stereocenters. The quantitative estimate of drug-likeness (QED) is 0.380. The highest BCUT2D eigenvalue weighted by Crippen LogP contribution is 2.09. The molecule has 0 radical (unpaired) electrons. The molecule has 0 aromatic heterocycles. The van der Waals surface area contributed by atoms with Crippen LogP contribution < -0.4 is 0 Å². The molecule has 4 heteroatoms. The van der Waals surface area contributed by atoms with Gasteiger partial charge in [0.2, 0.25) is 6.08 Å². The van der Waals surface area contributed by atoms with Gasteiger partial charge in [-0.15, -0.1) is 0 Å². The van der Waals surface area contributed by atoms with Crippen LogP contribution in [0.15, 0.2) is 4.99 Å². The minimum atomic E-state index is -0.484. The number of carbonyl (C=O) groups excluding carboxylic acids is 2. The maximum absolute atomic E-state index is 11.1. The van der Waals surface area contributed by atoms with E-state index >= 15 is 0 Å². The van der Waals surface area contributed by atoms with E-state index in [-0.39, 0.29) is 18.4 Å². The summed E-state index contributed by atoms with van der Waals surface area (Å²) in [5, 5.41) is 0. The number of esters is 1. The molecule has 0 heterocycles. The van der Waals surface area contributed by atoms with Gasteiger partial charge in [0.25, 0.3) is 0 Å². The summed E-state index contributed by atoms with van der Waals surface area (Å²) in [6, 6.07) is -0.354. The number of carbonyl (C=O) groups is 1. The zero-order valence-electron chi connectivity index (χ0n) is 8.46. The Hall–Kier alpha value is -1.15. The van der Waals surface area contributed by atoms with Crippen molar-refractivity contribution in [2.24, 2.45) is 4.99 Å². The van der Waals surface area contributed by atoms with Crippen LogP contribution in [-0.4, -0.2) is 23.7 Å². The zero-order chi connectivity index (χ0) is 10.5. The van der Waals surface area contributed by atoms with E-state index in [1.165, 1.54) is 6.08 Å². The molecule has 0 amide bonds. The van der Waals surface area contributed by atoms with E-state index in [2.05, 4.69) is 4.99 Å². The average molecular weight is 185 g/mol. The van der Waals surface area contributed by atoms with Crippen LogP contribution in [0, 0.1) is 0 Å². The topological polar surface area (TPSA) is 55.7 Å². The maximum Gasteiger partial charge on any atom is 0.308 e. The van der Waals surface area contributed by atoms with Crippen LogP contribution in [-0.2, 0) is 14.3 Å². The molecule has 13 heavy (non-hydrogen) atoms. The molecule has 0 spiro atoms. The number of nitrogens with zero attached hydrogens (tertiary/aromatic N) is 1. The summed E-state index contributed by atoms with van der Waals surface area (Å²) in [4.78, 5) is 24.4. The van der Waals surface area contributed by atoms with E-state index in [0.29, 0.717) is 0 Å². The maximum atomic E-state index is 11.1. The van der Waals surface area contributed by atoms with Crippen LogP contribution in [0.25, 0.3) is 0 Å². The van der Waals surface area contributed by atoms with E-state index in [4.69, 9.17) is 4.74 Å². The van der Waals surface area contributed by atoms with Gasteiger partial charge in [-0.2, -0.15) is 0 Å². The highest BCUT2D eigenvalue weighted by atomic mass is 16.6. The predicted octanol–water partition coefficient (Wildman–Crippen LogP) is 1.44. The fourth-order valence-corrected chi connectivity index (χ4v) is 0.760. The molecule has 0 N–H and O–H groups in total. The molecule has 0 saturated heterocycles. The van der Waals surface area contributed by atoms with Gasteiger partial charge in [0.15, 0.2) is 0 Å². The van der Waals surface area contributed by atoms with Gasteiger partial charge in [0, 0.05) is 0 Å². The van der Waals surface area contributed by atoms with Crippen LogP contribution in [0.4, 0.5) is 0 Å². The van der Waals surface area contributed by atoms with Gasteiger partial charge in [-0.05, 0) is 27.7 Å². The summed E-state index contributed by atoms with van der Waals surface area (Å²) in [5.41, 5.74) is -0.484. The summed E-state index contributed by atoms with van der Waals surface area (Å²) in [6.45, 7) is 7.03. The molecular weight excluding hydrogens is 170 g/mol. The van der Waals surface area contributed by atoms with Crippen LogP contribution >= 0.6 is 0 Å². The third-order valence-corrected chi connectivity index (χ3v) is 1.16. The Morgan fingerprint density at radius 3 is 2.46 bits per heavy atom. The van der Waals surface area contributed by atoms with E-state index in [0.717, 1.165) is 0 Å². The number of ether oxygens (including phenoxy) is 1. The Balaban J connectivity index is 3.95. The largest absolute Gasteiger partial charge is 0.460 e. The van der Waals surface area contributed by atoms with Gasteiger partial charge in [0.05, 0.1) is 12.5 Å². The van der Waals surface area contributed by atoms with Crippen molar-refractivity contribution in [1.29, 1.82) is 0 Å². The Labute approximate surface area is 78.0 Å². The Bertz CT molecular complexity index is 224. The van der Waals surface area contributed by atoms with Gasteiger partial charge in [0.1, 0.15) is 5.60 Å². The molecule has 0 rings (SSSR count). The Kier molecular flexibility index (Phi) is 4.35. The predicted molar refractivity (Wildman–Crippen MR) is 48.0 cm³/mol. The van der Waals surface area contributed by atoms with E-state index < -0.39 is 5.60 Å². The summed E-state index contributed by atoms with van der Waals surface area (Å²) in [7, 11) is 0. The highest BCUT2D eigenvalue weighted by Gasteiger charge is 2.17. The van der Waals surface area contributed by atoms with Crippen molar-refractivity contribution >= 4 is 12.0 Å². The number of aliphatic imine (C=N–C) groups is 1. The zero-order valence-corrected chi connectivity index (χ0v) is 8.46. The Morgan fingerprint density at radius 1 is 1.54 bits per heavy atom. The van der Waals surface area contributed by atoms with Crippen molar-refractivity contribution < 1.29 is 14.3 Å². The van der Waals surface area contributed by atoms with Gasteiger partial charge < -0.3 is 4.74 Å². The number of hydrogen-bond donors (Lipinski definition) is 0. The van der Waals surface area contributed by atoms with Gasteiger partial charge in [-0.3, -0.25) is 4.79 Å². The first-order valence-electron chi connectivity index (χ1n) is 4.14. The lowest BCUT2D eigenvalue weighted by atomic mass is 10.2. The summed E-state index contributed by atoms with van der Waals surface area (Å²) < 4.78 is 5.03. The van der Waals surface area contributed by atoms with Crippen molar-refractivity contribution in [2.75, 3.05) is 0 Å². The second-order valence-corrected chi connectivity index (χ2v) is 3.86. The molecule has 74 valence electrons. The first-order valence-corrected chi connectivity index (χ1v) is 4.14. The minimum Gasteiger partial charge on any atom is -0.460 e. The van der Waals surface area contributed by atoms with Crippen molar-refractivity contribution in [3.63, 3.8) is 0 Å².